The second-order valence-electron chi connectivity index (χ2n) is 6.10. The number of aromatic nitrogens is 2. The minimum atomic E-state index is -3.30. The summed E-state index contributed by atoms with van der Waals surface area (Å²) in [7, 11) is -3.30. The smallest absolute Gasteiger partial charge is 0.356 e. The summed E-state index contributed by atoms with van der Waals surface area (Å²) in [6, 6.07) is 0. The van der Waals surface area contributed by atoms with E-state index in [0.29, 0.717) is 24.7 Å². The van der Waals surface area contributed by atoms with Crippen LogP contribution in [0.25, 0.3) is 0 Å². The van der Waals surface area contributed by atoms with Gasteiger partial charge in [-0.05, 0) is 27.7 Å². The Bertz CT molecular complexity index is 650. The van der Waals surface area contributed by atoms with Gasteiger partial charge in [0.15, 0.2) is 11.5 Å². The summed E-state index contributed by atoms with van der Waals surface area (Å²) in [5.41, 5.74) is 5.68. The summed E-state index contributed by atoms with van der Waals surface area (Å²) >= 11 is 6.09. The van der Waals surface area contributed by atoms with E-state index in [9.17, 15) is 4.57 Å². The number of hydrogen-bond acceptors (Lipinski definition) is 8. The average Bonchev–Trinajstić information content (AvgIpc) is 2.85. The van der Waals surface area contributed by atoms with Crippen LogP contribution in [0.15, 0.2) is 11.3 Å². The van der Waals surface area contributed by atoms with Gasteiger partial charge in [0.25, 0.3) is 0 Å². The molecular formula is C14H25ClN5O4P. The summed E-state index contributed by atoms with van der Waals surface area (Å²) in [5.74, 6) is 0.909. The molecule has 11 heteroatoms. The van der Waals surface area contributed by atoms with E-state index in [0.717, 1.165) is 0 Å². The number of aliphatic imine (C=N–C) groups is 1. The molecule has 0 fully saturated rings. The zero-order chi connectivity index (χ0) is 18.6. The fourth-order valence-corrected chi connectivity index (χ4v) is 4.36. The van der Waals surface area contributed by atoms with E-state index in [-0.39, 0.29) is 24.5 Å². The highest BCUT2D eigenvalue weighted by molar-refractivity contribution is 7.53. The maximum absolute atomic E-state index is 12.7. The normalized spacial score (nSPS) is 17.6. The number of anilines is 1. The van der Waals surface area contributed by atoms with Crippen molar-refractivity contribution in [3.63, 3.8) is 0 Å². The molecule has 1 aliphatic heterocycles. The van der Waals surface area contributed by atoms with Crippen molar-refractivity contribution >= 4 is 31.0 Å². The molecular weight excluding hydrogens is 369 g/mol. The van der Waals surface area contributed by atoms with Crippen molar-refractivity contribution in [2.45, 2.75) is 51.9 Å². The summed E-state index contributed by atoms with van der Waals surface area (Å²) in [5, 5.41) is 2.93. The van der Waals surface area contributed by atoms with Crippen molar-refractivity contribution in [2.75, 3.05) is 18.3 Å². The van der Waals surface area contributed by atoms with Crippen LogP contribution in [0.2, 0.25) is 0 Å². The lowest BCUT2D eigenvalue weighted by Gasteiger charge is -2.22. The van der Waals surface area contributed by atoms with E-state index in [4.69, 9.17) is 31.1 Å². The zero-order valence-electron chi connectivity index (χ0n) is 14.8. The number of halogens is 1. The molecule has 9 nitrogen and oxygen atoms in total. The Morgan fingerprint density at radius 3 is 2.60 bits per heavy atom. The first kappa shape index (κ1) is 20.2. The molecule has 142 valence electrons. The maximum atomic E-state index is 12.7. The summed E-state index contributed by atoms with van der Waals surface area (Å²) in [6.07, 6.45) is 1.07. The third-order valence-electron chi connectivity index (χ3n) is 3.06. The number of hydrogen-bond donors (Lipinski definition) is 2. The number of guanidine groups is 1. The van der Waals surface area contributed by atoms with Gasteiger partial charge in [-0.2, -0.15) is 0 Å². The number of alkyl halides is 1. The molecule has 2 rings (SSSR count). The van der Waals surface area contributed by atoms with Crippen molar-refractivity contribution < 1.29 is 18.3 Å². The van der Waals surface area contributed by atoms with Gasteiger partial charge in [0, 0.05) is 6.54 Å². The molecule has 1 aromatic heterocycles. The molecule has 1 aromatic rings. The number of fused-ring (bicyclic) bond motifs is 1. The predicted octanol–water partition coefficient (Wildman–Crippen LogP) is 2.88. The Morgan fingerprint density at radius 1 is 1.36 bits per heavy atom. The number of nitrogens with two attached hydrogens (primary N) is 1. The first-order chi connectivity index (χ1) is 11.7. The quantitative estimate of drug-likeness (QED) is 0.287. The Hall–Kier alpha value is -1.12. The molecule has 0 saturated heterocycles. The van der Waals surface area contributed by atoms with Crippen LogP contribution >= 0.6 is 19.2 Å². The molecule has 0 amide bonds. The molecule has 0 aromatic carbocycles. The zero-order valence-corrected chi connectivity index (χ0v) is 16.5. The molecule has 3 N–H and O–H groups in total. The number of ether oxygens (including phenoxy) is 1. The SMILES string of the molecule is CC(C)OP(=O)(COCCn1cnc2c1NC(N)=NC2Cl)OC(C)C. The van der Waals surface area contributed by atoms with Crippen molar-refractivity contribution in [1.82, 2.24) is 9.55 Å². The van der Waals surface area contributed by atoms with Crippen LogP contribution in [0, 0.1) is 0 Å². The lowest BCUT2D eigenvalue weighted by Crippen LogP contribution is -2.28. The highest BCUT2D eigenvalue weighted by Gasteiger charge is 2.28. The third-order valence-corrected chi connectivity index (χ3v) is 5.35. The Balaban J connectivity index is 1.90. The standard InChI is InChI=1S/C14H25ClN5O4P/c1-9(2)23-25(21,24-10(3)4)8-22-6-5-20-7-17-11-12(15)18-14(16)19-13(11)20/h7,9-10,12H,5-6,8H2,1-4H3,(H3,16,18,19). The average molecular weight is 394 g/mol. The highest BCUT2D eigenvalue weighted by atomic mass is 35.5. The molecule has 1 atom stereocenters. The fourth-order valence-electron chi connectivity index (χ4n) is 2.28. The molecule has 2 heterocycles. The van der Waals surface area contributed by atoms with E-state index in [2.05, 4.69) is 15.3 Å². The minimum Gasteiger partial charge on any atom is -0.370 e. The third kappa shape index (κ3) is 5.69. The lowest BCUT2D eigenvalue weighted by molar-refractivity contribution is 0.0960. The molecule has 0 radical (unpaired) electrons. The number of nitrogens with one attached hydrogen (secondary N) is 1. The van der Waals surface area contributed by atoms with Gasteiger partial charge in [-0.3, -0.25) is 4.57 Å². The van der Waals surface area contributed by atoms with Gasteiger partial charge in [0.05, 0.1) is 25.1 Å². The molecule has 0 saturated carbocycles. The van der Waals surface area contributed by atoms with Crippen molar-refractivity contribution in [3.05, 3.63) is 12.0 Å². The van der Waals surface area contributed by atoms with Crippen LogP contribution < -0.4 is 11.1 Å². The largest absolute Gasteiger partial charge is 0.370 e. The molecule has 0 bridgehead atoms. The van der Waals surface area contributed by atoms with Crippen LogP contribution in [0.1, 0.15) is 38.9 Å². The van der Waals surface area contributed by atoms with Gasteiger partial charge in [-0.25, -0.2) is 9.98 Å². The van der Waals surface area contributed by atoms with E-state index in [1.165, 1.54) is 0 Å². The van der Waals surface area contributed by atoms with Gasteiger partial charge in [0.2, 0.25) is 0 Å². The fraction of sp³-hybridized carbons (Fsp3) is 0.714. The van der Waals surface area contributed by atoms with Crippen LogP contribution in [0.4, 0.5) is 5.82 Å². The maximum Gasteiger partial charge on any atom is 0.356 e. The van der Waals surface area contributed by atoms with Crippen LogP contribution in [-0.4, -0.2) is 40.7 Å². The highest BCUT2D eigenvalue weighted by Crippen LogP contribution is 2.50. The number of rotatable bonds is 9. The number of nitrogens with zero attached hydrogens (tertiary/aromatic N) is 3. The summed E-state index contributed by atoms with van der Waals surface area (Å²) in [6.45, 7) is 7.96. The van der Waals surface area contributed by atoms with E-state index >= 15 is 0 Å². The van der Waals surface area contributed by atoms with E-state index in [1.54, 1.807) is 34.0 Å². The first-order valence-corrected chi connectivity index (χ1v) is 10.2. The first-order valence-electron chi connectivity index (χ1n) is 8.03. The van der Waals surface area contributed by atoms with Gasteiger partial charge in [-0.15, -0.1) is 0 Å². The van der Waals surface area contributed by atoms with Crippen LogP contribution in [0.5, 0.6) is 0 Å². The Kier molecular flexibility index (Phi) is 6.87. The molecule has 1 unspecified atom stereocenters. The number of imidazole rings is 1. The monoisotopic (exact) mass is 393 g/mol. The van der Waals surface area contributed by atoms with Crippen LogP contribution in [0.3, 0.4) is 0 Å². The van der Waals surface area contributed by atoms with Crippen molar-refractivity contribution in [3.8, 4) is 0 Å². The summed E-state index contributed by atoms with van der Waals surface area (Å²) < 4.78 is 30.9. The van der Waals surface area contributed by atoms with Gasteiger partial charge in [-0.1, -0.05) is 11.6 Å². The van der Waals surface area contributed by atoms with Gasteiger partial charge >= 0.3 is 7.60 Å². The second-order valence-corrected chi connectivity index (χ2v) is 8.42. The lowest BCUT2D eigenvalue weighted by atomic mass is 10.4. The summed E-state index contributed by atoms with van der Waals surface area (Å²) in [4.78, 5) is 8.22. The van der Waals surface area contributed by atoms with E-state index < -0.39 is 13.1 Å². The van der Waals surface area contributed by atoms with Crippen LogP contribution in [-0.2, 0) is 24.9 Å². The van der Waals surface area contributed by atoms with Crippen molar-refractivity contribution in [2.24, 2.45) is 10.7 Å². The van der Waals surface area contributed by atoms with Crippen molar-refractivity contribution in [1.29, 1.82) is 0 Å². The van der Waals surface area contributed by atoms with Gasteiger partial charge in [0.1, 0.15) is 17.9 Å². The molecule has 0 spiro atoms. The molecule has 1 aliphatic rings. The molecule has 0 aliphatic carbocycles. The topological polar surface area (TPSA) is 113 Å². The minimum absolute atomic E-state index is 0.116. The molecule has 25 heavy (non-hydrogen) atoms. The second kappa shape index (κ2) is 8.51. The predicted molar refractivity (Wildman–Crippen MR) is 96.9 cm³/mol. The Labute approximate surface area is 152 Å². The van der Waals surface area contributed by atoms with Gasteiger partial charge < -0.3 is 29.4 Å². The Morgan fingerprint density at radius 2 is 2.00 bits per heavy atom. The van der Waals surface area contributed by atoms with E-state index in [1.807, 2.05) is 4.57 Å².